The Hall–Kier alpha value is -2.37. The average Bonchev–Trinajstić information content (AvgIpc) is 2.87. The van der Waals surface area contributed by atoms with Gasteiger partial charge in [0.25, 0.3) is 5.91 Å². The second kappa shape index (κ2) is 11.1. The van der Waals surface area contributed by atoms with Crippen molar-refractivity contribution in [1.29, 1.82) is 0 Å². The molecule has 2 aromatic rings. The summed E-state index contributed by atoms with van der Waals surface area (Å²) in [6, 6.07) is 10.3. The molecule has 0 N–H and O–H groups in total. The summed E-state index contributed by atoms with van der Waals surface area (Å²) in [5, 5.41) is 0.0714. The lowest BCUT2D eigenvalue weighted by atomic mass is 10.1. The number of anilines is 1. The predicted molar refractivity (Wildman–Crippen MR) is 133 cm³/mol. The van der Waals surface area contributed by atoms with Crippen LogP contribution in [0.4, 0.5) is 5.69 Å². The van der Waals surface area contributed by atoms with E-state index < -0.39 is 10.0 Å². The van der Waals surface area contributed by atoms with E-state index >= 15 is 0 Å². The smallest absolute Gasteiger partial charge is 0.252 e. The molecule has 2 aromatic carbocycles. The van der Waals surface area contributed by atoms with Crippen LogP contribution >= 0.6 is 11.6 Å². The van der Waals surface area contributed by atoms with Gasteiger partial charge in [-0.25, -0.2) is 8.42 Å². The first-order chi connectivity index (χ1) is 16.8. The number of nitrogens with zero attached hydrogens (tertiary/aromatic N) is 3. The number of para-hydroxylation sites is 1. The molecule has 0 fully saturated rings. The summed E-state index contributed by atoms with van der Waals surface area (Å²) < 4.78 is 45.5. The topological polar surface area (TPSA) is 88.6 Å². The fourth-order valence-electron chi connectivity index (χ4n) is 4.24. The number of rotatable bonds is 4. The number of hydrogen-bond acceptors (Lipinski definition) is 7. The number of ether oxygens (including phenoxy) is 3. The number of methoxy groups -OCH3 is 1. The maximum Gasteiger partial charge on any atom is 0.252 e. The molecule has 2 aliphatic rings. The summed E-state index contributed by atoms with van der Waals surface area (Å²) in [6.07, 6.45) is 0.737. The van der Waals surface area contributed by atoms with E-state index in [4.69, 9.17) is 25.8 Å². The van der Waals surface area contributed by atoms with Crippen molar-refractivity contribution in [2.24, 2.45) is 0 Å². The predicted octanol–water partition coefficient (Wildman–Crippen LogP) is 2.62. The number of benzene rings is 2. The van der Waals surface area contributed by atoms with Gasteiger partial charge < -0.3 is 24.0 Å². The maximum atomic E-state index is 13.9. The van der Waals surface area contributed by atoms with Crippen LogP contribution in [-0.4, -0.2) is 83.7 Å². The molecule has 0 atom stereocenters. The molecule has 2 aliphatic heterocycles. The number of amides is 1. The van der Waals surface area contributed by atoms with E-state index in [1.54, 1.807) is 4.90 Å². The van der Waals surface area contributed by atoms with Gasteiger partial charge in [0.15, 0.2) is 11.5 Å². The van der Waals surface area contributed by atoms with Crippen LogP contribution in [-0.2, 0) is 26.1 Å². The zero-order valence-electron chi connectivity index (χ0n) is 19.9. The summed E-state index contributed by atoms with van der Waals surface area (Å²) in [6.45, 7) is 2.72. The largest absolute Gasteiger partial charge is 0.486 e. The van der Waals surface area contributed by atoms with Crippen molar-refractivity contribution in [3.63, 3.8) is 0 Å². The molecule has 0 saturated carbocycles. The Kier molecular flexibility index (Phi) is 8.18. The first-order valence-corrected chi connectivity index (χ1v) is 13.3. The number of hydrogen-bond donors (Lipinski definition) is 0. The van der Waals surface area contributed by atoms with Gasteiger partial charge in [-0.15, -0.1) is 0 Å². The van der Waals surface area contributed by atoms with Gasteiger partial charge in [0.1, 0.15) is 24.7 Å². The van der Waals surface area contributed by atoms with Crippen molar-refractivity contribution in [3.8, 4) is 11.5 Å². The minimum Gasteiger partial charge on any atom is -0.486 e. The highest BCUT2D eigenvalue weighted by atomic mass is 35.5. The third-order valence-corrected chi connectivity index (χ3v) is 8.38. The third-order valence-electron chi connectivity index (χ3n) is 6.07. The first-order valence-electron chi connectivity index (χ1n) is 11.5. The molecule has 9 nitrogen and oxygen atoms in total. The number of sulfonamides is 1. The van der Waals surface area contributed by atoms with Crippen LogP contribution in [0.5, 0.6) is 11.5 Å². The van der Waals surface area contributed by atoms with E-state index in [0.717, 1.165) is 12.0 Å². The Balaban J connectivity index is 1.75. The zero-order chi connectivity index (χ0) is 25.0. The molecular formula is C24H30ClN3O6S. The number of fused-ring (bicyclic) bond motifs is 2. The summed E-state index contributed by atoms with van der Waals surface area (Å²) >= 11 is 6.43. The first kappa shape index (κ1) is 25.7. The molecule has 11 heteroatoms. The van der Waals surface area contributed by atoms with Crippen LogP contribution in [0.2, 0.25) is 5.02 Å². The van der Waals surface area contributed by atoms with Crippen molar-refractivity contribution in [3.05, 3.63) is 47.0 Å². The third kappa shape index (κ3) is 5.73. The van der Waals surface area contributed by atoms with Crippen molar-refractivity contribution in [2.75, 3.05) is 65.1 Å². The van der Waals surface area contributed by atoms with Crippen LogP contribution in [0.1, 0.15) is 12.0 Å². The fourth-order valence-corrected chi connectivity index (χ4v) is 6.15. The molecule has 4 rings (SSSR count). The highest BCUT2D eigenvalue weighted by Gasteiger charge is 2.31. The van der Waals surface area contributed by atoms with Crippen LogP contribution in [0.25, 0.3) is 0 Å². The SMILES string of the molecule is COCC(=O)N1CCCN(C)CCN(S(=O)(=O)c2cc3c(cc2Cl)OCCO3)Cc2ccccc21. The normalized spacial score (nSPS) is 18.0. The number of carbonyl (C=O) groups excluding carboxylic acids is 1. The summed E-state index contributed by atoms with van der Waals surface area (Å²) in [5.74, 6) is 0.604. The van der Waals surface area contributed by atoms with Crippen LogP contribution in [0.15, 0.2) is 41.3 Å². The molecule has 0 unspecified atom stereocenters. The quantitative estimate of drug-likeness (QED) is 0.608. The van der Waals surface area contributed by atoms with Crippen LogP contribution < -0.4 is 14.4 Å². The zero-order valence-corrected chi connectivity index (χ0v) is 21.5. The van der Waals surface area contributed by atoms with Crippen molar-refractivity contribution >= 4 is 33.2 Å². The molecule has 35 heavy (non-hydrogen) atoms. The molecule has 0 radical (unpaired) electrons. The number of likely N-dealkylation sites (N-methyl/N-ethyl adjacent to an activating group) is 1. The fraction of sp³-hybridized carbons (Fsp3) is 0.458. The molecule has 0 bridgehead atoms. The Morgan fingerprint density at radius 3 is 2.51 bits per heavy atom. The van der Waals surface area contributed by atoms with E-state index in [2.05, 4.69) is 4.90 Å². The summed E-state index contributed by atoms with van der Waals surface area (Å²) in [5.41, 5.74) is 1.39. The van der Waals surface area contributed by atoms with Gasteiger partial charge in [-0.3, -0.25) is 4.79 Å². The Labute approximate surface area is 211 Å². The highest BCUT2D eigenvalue weighted by molar-refractivity contribution is 7.89. The second-order valence-electron chi connectivity index (χ2n) is 8.53. The van der Waals surface area contributed by atoms with Crippen molar-refractivity contribution in [2.45, 2.75) is 17.9 Å². The lowest BCUT2D eigenvalue weighted by Gasteiger charge is -2.28. The number of carbonyl (C=O) groups is 1. The van der Waals surface area contributed by atoms with Gasteiger partial charge in [-0.05, 0) is 31.6 Å². The van der Waals surface area contributed by atoms with Gasteiger partial charge in [0.2, 0.25) is 10.0 Å². The lowest BCUT2D eigenvalue weighted by molar-refractivity contribution is -0.122. The van der Waals surface area contributed by atoms with E-state index in [9.17, 15) is 13.2 Å². The van der Waals surface area contributed by atoms with Gasteiger partial charge in [-0.2, -0.15) is 4.31 Å². The average molecular weight is 524 g/mol. The van der Waals surface area contributed by atoms with Gasteiger partial charge in [0, 0.05) is 51.1 Å². The standard InChI is InChI=1S/C24H30ClN3O6S/c1-26-8-5-9-28(24(29)17-32-2)20-7-4-3-6-18(20)16-27(11-10-26)35(30,31)23-15-22-21(14-19(23)25)33-12-13-34-22/h3-4,6-7,14-15H,5,8-13,16-17H2,1-2H3. The lowest BCUT2D eigenvalue weighted by Crippen LogP contribution is -2.37. The molecule has 0 spiro atoms. The second-order valence-corrected chi connectivity index (χ2v) is 10.8. The monoisotopic (exact) mass is 523 g/mol. The Morgan fingerprint density at radius 1 is 1.06 bits per heavy atom. The molecule has 0 aliphatic carbocycles. The molecule has 190 valence electrons. The summed E-state index contributed by atoms with van der Waals surface area (Å²) in [7, 11) is -0.589. The molecule has 0 aromatic heterocycles. The van der Waals surface area contributed by atoms with E-state index in [-0.39, 0.29) is 35.5 Å². The molecule has 1 amide bonds. The van der Waals surface area contributed by atoms with Crippen LogP contribution in [0, 0.1) is 0 Å². The van der Waals surface area contributed by atoms with Gasteiger partial charge in [0.05, 0.1) is 5.02 Å². The van der Waals surface area contributed by atoms with E-state index in [0.29, 0.717) is 50.0 Å². The number of halogens is 1. The molecule has 2 heterocycles. The van der Waals surface area contributed by atoms with Gasteiger partial charge >= 0.3 is 0 Å². The maximum absolute atomic E-state index is 13.9. The van der Waals surface area contributed by atoms with E-state index in [1.165, 1.54) is 23.5 Å². The Bertz CT molecular complexity index is 1180. The summed E-state index contributed by atoms with van der Waals surface area (Å²) in [4.78, 5) is 16.6. The molecular weight excluding hydrogens is 494 g/mol. The van der Waals surface area contributed by atoms with Crippen molar-refractivity contribution < 1.29 is 27.4 Å². The van der Waals surface area contributed by atoms with Gasteiger partial charge in [-0.1, -0.05) is 29.8 Å². The van der Waals surface area contributed by atoms with Crippen LogP contribution in [0.3, 0.4) is 0 Å². The van der Waals surface area contributed by atoms with Crippen molar-refractivity contribution in [1.82, 2.24) is 9.21 Å². The minimum absolute atomic E-state index is 0.0364. The Morgan fingerprint density at radius 2 is 1.77 bits per heavy atom. The molecule has 0 saturated heterocycles. The highest BCUT2D eigenvalue weighted by Crippen LogP contribution is 2.39. The minimum atomic E-state index is -4.01. The van der Waals surface area contributed by atoms with E-state index in [1.807, 2.05) is 31.3 Å².